The van der Waals surface area contributed by atoms with Gasteiger partial charge in [0, 0.05) is 18.4 Å². The van der Waals surface area contributed by atoms with Gasteiger partial charge in [0.1, 0.15) is 21.5 Å². The number of hydrogen-bond donors (Lipinski definition) is 2. The molecule has 0 aliphatic carbocycles. The summed E-state index contributed by atoms with van der Waals surface area (Å²) in [6, 6.07) is 2.54. The van der Waals surface area contributed by atoms with Gasteiger partial charge in [-0.15, -0.1) is 0 Å². The Morgan fingerprint density at radius 1 is 1.41 bits per heavy atom. The van der Waals surface area contributed by atoms with Crippen molar-refractivity contribution in [2.24, 2.45) is 5.84 Å². The third kappa shape index (κ3) is 4.76. The Balaban J connectivity index is 2.81. The minimum atomic E-state index is -3.22. The third-order valence-electron chi connectivity index (χ3n) is 2.22. The maximum Gasteiger partial charge on any atom is 0.149 e. The summed E-state index contributed by atoms with van der Waals surface area (Å²) < 4.78 is 48.1. The van der Waals surface area contributed by atoms with Gasteiger partial charge >= 0.3 is 0 Å². The van der Waals surface area contributed by atoms with Gasteiger partial charge in [0.2, 0.25) is 0 Å². The van der Waals surface area contributed by atoms with E-state index in [-0.39, 0.29) is 17.7 Å². The molecule has 0 saturated heterocycles. The molecule has 0 heterocycles. The second-order valence-corrected chi connectivity index (χ2v) is 6.08. The van der Waals surface area contributed by atoms with Crippen LogP contribution in [-0.2, 0) is 16.3 Å². The Morgan fingerprint density at radius 2 is 2.06 bits per heavy atom. The van der Waals surface area contributed by atoms with Crippen LogP contribution in [0.15, 0.2) is 18.2 Å². The van der Waals surface area contributed by atoms with Crippen molar-refractivity contribution in [2.45, 2.75) is 12.5 Å². The summed E-state index contributed by atoms with van der Waals surface area (Å²) in [6.45, 7) is 0. The molecule has 0 bridgehead atoms. The predicted octanol–water partition coefficient (Wildman–Crippen LogP) is 0.384. The fraction of sp³-hybridized carbons (Fsp3) is 0.400. The van der Waals surface area contributed by atoms with E-state index in [4.69, 9.17) is 5.84 Å². The normalized spacial score (nSPS) is 13.6. The average molecular weight is 264 g/mol. The molecule has 1 atom stereocenters. The van der Waals surface area contributed by atoms with E-state index in [1.54, 1.807) is 0 Å². The lowest BCUT2D eigenvalue weighted by atomic mass is 10.1. The van der Waals surface area contributed by atoms with Crippen LogP contribution in [0.2, 0.25) is 0 Å². The van der Waals surface area contributed by atoms with Crippen LogP contribution in [0.4, 0.5) is 8.78 Å². The minimum absolute atomic E-state index is 0.0791. The standard InChI is InChI=1S/C10H14F2N2O2S/c1-17(15,16)6-9(14-13)4-7-2-3-8(11)5-10(7)12/h2-3,5,9,14H,4,6,13H2,1H3. The molecule has 1 aromatic rings. The lowest BCUT2D eigenvalue weighted by molar-refractivity contribution is 0.523. The van der Waals surface area contributed by atoms with E-state index < -0.39 is 27.5 Å². The molecule has 0 saturated carbocycles. The minimum Gasteiger partial charge on any atom is -0.271 e. The first-order valence-electron chi connectivity index (χ1n) is 4.89. The summed E-state index contributed by atoms with van der Waals surface area (Å²) in [4.78, 5) is 0. The van der Waals surface area contributed by atoms with Crippen LogP contribution in [0.5, 0.6) is 0 Å². The molecule has 0 radical (unpaired) electrons. The highest BCUT2D eigenvalue weighted by Gasteiger charge is 2.16. The van der Waals surface area contributed by atoms with Crippen LogP contribution in [0.25, 0.3) is 0 Å². The molecule has 0 amide bonds. The van der Waals surface area contributed by atoms with Crippen LogP contribution < -0.4 is 11.3 Å². The van der Waals surface area contributed by atoms with Crippen molar-refractivity contribution in [3.63, 3.8) is 0 Å². The van der Waals surface area contributed by atoms with Gasteiger partial charge in [-0.05, 0) is 18.1 Å². The van der Waals surface area contributed by atoms with E-state index in [0.29, 0.717) is 0 Å². The molecule has 1 aromatic carbocycles. The number of nitrogens with one attached hydrogen (secondary N) is 1. The van der Waals surface area contributed by atoms with Gasteiger partial charge in [0.25, 0.3) is 0 Å². The van der Waals surface area contributed by atoms with Crippen LogP contribution >= 0.6 is 0 Å². The van der Waals surface area contributed by atoms with Crippen molar-refractivity contribution >= 4 is 9.84 Å². The van der Waals surface area contributed by atoms with Crippen molar-refractivity contribution in [2.75, 3.05) is 12.0 Å². The molecule has 1 rings (SSSR count). The summed E-state index contributed by atoms with van der Waals surface area (Å²) in [6.07, 6.45) is 1.15. The Kier molecular flexibility index (Phi) is 4.55. The van der Waals surface area contributed by atoms with Gasteiger partial charge in [-0.3, -0.25) is 11.3 Å². The number of nitrogens with two attached hydrogens (primary N) is 1. The van der Waals surface area contributed by atoms with E-state index in [9.17, 15) is 17.2 Å². The van der Waals surface area contributed by atoms with Crippen molar-refractivity contribution in [1.29, 1.82) is 0 Å². The topological polar surface area (TPSA) is 72.2 Å². The molecule has 7 heteroatoms. The van der Waals surface area contributed by atoms with Gasteiger partial charge in [0.05, 0.1) is 5.75 Å². The van der Waals surface area contributed by atoms with Gasteiger partial charge in [-0.25, -0.2) is 17.2 Å². The first kappa shape index (κ1) is 14.0. The molecule has 0 fully saturated rings. The van der Waals surface area contributed by atoms with E-state index in [1.807, 2.05) is 0 Å². The molecule has 4 nitrogen and oxygen atoms in total. The molecule has 0 aromatic heterocycles. The highest BCUT2D eigenvalue weighted by Crippen LogP contribution is 2.12. The average Bonchev–Trinajstić information content (AvgIpc) is 2.19. The first-order valence-corrected chi connectivity index (χ1v) is 6.95. The van der Waals surface area contributed by atoms with Crippen molar-refractivity contribution in [3.8, 4) is 0 Å². The summed E-state index contributed by atoms with van der Waals surface area (Å²) in [5.74, 6) is 3.60. The van der Waals surface area contributed by atoms with E-state index in [1.165, 1.54) is 6.07 Å². The first-order chi connectivity index (χ1) is 7.81. The summed E-state index contributed by atoms with van der Waals surface area (Å²) in [5.41, 5.74) is 2.53. The smallest absolute Gasteiger partial charge is 0.149 e. The molecule has 0 spiro atoms. The zero-order chi connectivity index (χ0) is 13.1. The van der Waals surface area contributed by atoms with Gasteiger partial charge in [-0.2, -0.15) is 0 Å². The SMILES string of the molecule is CS(=O)(=O)CC(Cc1ccc(F)cc1F)NN. The van der Waals surface area contributed by atoms with Crippen molar-refractivity contribution < 1.29 is 17.2 Å². The van der Waals surface area contributed by atoms with Gasteiger partial charge in [-0.1, -0.05) is 6.07 Å². The second-order valence-electron chi connectivity index (χ2n) is 3.90. The highest BCUT2D eigenvalue weighted by atomic mass is 32.2. The molecular weight excluding hydrogens is 250 g/mol. The fourth-order valence-electron chi connectivity index (χ4n) is 1.48. The number of halogens is 2. The van der Waals surface area contributed by atoms with E-state index in [0.717, 1.165) is 18.4 Å². The number of sulfone groups is 1. The molecule has 0 aliphatic rings. The zero-order valence-electron chi connectivity index (χ0n) is 9.28. The van der Waals surface area contributed by atoms with Crippen molar-refractivity contribution in [3.05, 3.63) is 35.4 Å². The van der Waals surface area contributed by atoms with Crippen molar-refractivity contribution in [1.82, 2.24) is 5.43 Å². The summed E-state index contributed by atoms with van der Waals surface area (Å²) >= 11 is 0. The quantitative estimate of drug-likeness (QED) is 0.596. The van der Waals surface area contributed by atoms with Crippen LogP contribution in [-0.4, -0.2) is 26.5 Å². The van der Waals surface area contributed by atoms with Crippen LogP contribution in [0.1, 0.15) is 5.56 Å². The Morgan fingerprint density at radius 3 is 2.53 bits per heavy atom. The van der Waals surface area contributed by atoms with E-state index in [2.05, 4.69) is 5.43 Å². The highest BCUT2D eigenvalue weighted by molar-refractivity contribution is 7.90. The van der Waals surface area contributed by atoms with Gasteiger partial charge < -0.3 is 0 Å². The maximum absolute atomic E-state index is 13.3. The molecule has 17 heavy (non-hydrogen) atoms. The number of benzene rings is 1. The Labute approximate surface area is 98.7 Å². The monoisotopic (exact) mass is 264 g/mol. The molecule has 1 unspecified atom stereocenters. The maximum atomic E-state index is 13.3. The predicted molar refractivity (Wildman–Crippen MR) is 60.9 cm³/mol. The Bertz CT molecular complexity index is 491. The number of rotatable bonds is 5. The molecule has 0 aliphatic heterocycles. The number of hydrogen-bond acceptors (Lipinski definition) is 4. The lowest BCUT2D eigenvalue weighted by Gasteiger charge is -2.15. The van der Waals surface area contributed by atoms with Gasteiger partial charge in [0.15, 0.2) is 0 Å². The third-order valence-corrected chi connectivity index (χ3v) is 3.23. The van der Waals surface area contributed by atoms with Crippen LogP contribution in [0, 0.1) is 11.6 Å². The summed E-state index contributed by atoms with van der Waals surface area (Å²) in [5, 5.41) is 0. The fourth-order valence-corrected chi connectivity index (χ4v) is 2.43. The zero-order valence-corrected chi connectivity index (χ0v) is 10.1. The lowest BCUT2D eigenvalue weighted by Crippen LogP contribution is -2.41. The van der Waals surface area contributed by atoms with E-state index >= 15 is 0 Å². The van der Waals surface area contributed by atoms with Crippen LogP contribution in [0.3, 0.4) is 0 Å². The molecule has 96 valence electrons. The number of hydrazine groups is 1. The Hall–Kier alpha value is -1.05. The molecule has 3 N–H and O–H groups in total. The summed E-state index contributed by atoms with van der Waals surface area (Å²) in [7, 11) is -3.22. The second kappa shape index (κ2) is 5.52. The molecular formula is C10H14F2N2O2S. The largest absolute Gasteiger partial charge is 0.271 e.